The van der Waals surface area contributed by atoms with Crippen LogP contribution in [0.4, 0.5) is 0 Å². The summed E-state index contributed by atoms with van der Waals surface area (Å²) in [6, 6.07) is 2.44. The van der Waals surface area contributed by atoms with Gasteiger partial charge in [0.1, 0.15) is 11.5 Å². The largest absolute Gasteiger partial charge is 0.466 e. The highest BCUT2D eigenvalue weighted by atomic mass is 16.5. The first kappa shape index (κ1) is 12.7. The second-order valence-electron chi connectivity index (χ2n) is 5.06. The number of nitrogens with one attached hydrogen (secondary N) is 1. The molecule has 0 bridgehead atoms. The van der Waals surface area contributed by atoms with Crippen molar-refractivity contribution < 1.29 is 9.15 Å². The zero-order valence-corrected chi connectivity index (χ0v) is 11.1. The summed E-state index contributed by atoms with van der Waals surface area (Å²) >= 11 is 0. The van der Waals surface area contributed by atoms with Gasteiger partial charge in [-0.25, -0.2) is 0 Å². The van der Waals surface area contributed by atoms with Gasteiger partial charge in [0.25, 0.3) is 0 Å². The van der Waals surface area contributed by atoms with Crippen molar-refractivity contribution in [3.8, 4) is 0 Å². The Morgan fingerprint density at radius 3 is 2.82 bits per heavy atom. The summed E-state index contributed by atoms with van der Waals surface area (Å²) in [6.45, 7) is 8.82. The van der Waals surface area contributed by atoms with Crippen LogP contribution in [-0.2, 0) is 4.74 Å². The average Bonchev–Trinajstić information content (AvgIpc) is 3.03. The Hall–Kier alpha value is -0.800. The molecule has 17 heavy (non-hydrogen) atoms. The minimum atomic E-state index is 0.331. The van der Waals surface area contributed by atoms with Crippen molar-refractivity contribution in [3.63, 3.8) is 0 Å². The first-order valence-electron chi connectivity index (χ1n) is 6.55. The molecular formula is C14H23NO2. The Morgan fingerprint density at radius 1 is 1.47 bits per heavy atom. The van der Waals surface area contributed by atoms with Crippen LogP contribution in [0, 0.1) is 19.8 Å². The van der Waals surface area contributed by atoms with Gasteiger partial charge in [-0.1, -0.05) is 0 Å². The van der Waals surface area contributed by atoms with E-state index in [4.69, 9.17) is 9.15 Å². The highest BCUT2D eigenvalue weighted by molar-refractivity contribution is 5.23. The molecule has 3 nitrogen and oxygen atoms in total. The Balaban J connectivity index is 1.65. The molecule has 0 amide bonds. The third-order valence-corrected chi connectivity index (χ3v) is 3.29. The van der Waals surface area contributed by atoms with E-state index in [9.17, 15) is 0 Å². The summed E-state index contributed by atoms with van der Waals surface area (Å²) in [5.41, 5.74) is 1.25. The molecule has 1 fully saturated rings. The SMILES string of the molecule is Cc1cc(C(C)NCCOCC2CC2)c(C)o1. The molecule has 1 atom stereocenters. The fraction of sp³-hybridized carbons (Fsp3) is 0.714. The van der Waals surface area contributed by atoms with E-state index in [0.717, 1.165) is 37.2 Å². The van der Waals surface area contributed by atoms with Gasteiger partial charge in [0.05, 0.1) is 6.61 Å². The van der Waals surface area contributed by atoms with Gasteiger partial charge in [-0.05, 0) is 45.6 Å². The molecular weight excluding hydrogens is 214 g/mol. The van der Waals surface area contributed by atoms with E-state index in [1.54, 1.807) is 0 Å². The number of aryl methyl sites for hydroxylation is 2. The molecule has 0 aromatic carbocycles. The normalized spacial score (nSPS) is 17.4. The van der Waals surface area contributed by atoms with Crippen LogP contribution in [0.25, 0.3) is 0 Å². The molecule has 1 aliphatic rings. The van der Waals surface area contributed by atoms with Crippen LogP contribution < -0.4 is 5.32 Å². The van der Waals surface area contributed by atoms with Gasteiger partial charge < -0.3 is 14.5 Å². The summed E-state index contributed by atoms with van der Waals surface area (Å²) in [5.74, 6) is 2.85. The van der Waals surface area contributed by atoms with Gasteiger partial charge in [-0.2, -0.15) is 0 Å². The number of hydrogen-bond donors (Lipinski definition) is 1. The average molecular weight is 237 g/mol. The molecule has 1 saturated carbocycles. The van der Waals surface area contributed by atoms with Crippen LogP contribution >= 0.6 is 0 Å². The summed E-state index contributed by atoms with van der Waals surface area (Å²) in [5, 5.41) is 3.46. The predicted octanol–water partition coefficient (Wildman–Crippen LogP) is 2.97. The molecule has 0 radical (unpaired) electrons. The van der Waals surface area contributed by atoms with Crippen LogP contribution in [-0.4, -0.2) is 19.8 Å². The van der Waals surface area contributed by atoms with Crippen LogP contribution in [0.2, 0.25) is 0 Å². The van der Waals surface area contributed by atoms with Crippen molar-refractivity contribution in [1.82, 2.24) is 5.32 Å². The topological polar surface area (TPSA) is 34.4 Å². The summed E-state index contributed by atoms with van der Waals surface area (Å²) in [6.07, 6.45) is 2.72. The maximum atomic E-state index is 5.59. The molecule has 3 heteroatoms. The second kappa shape index (κ2) is 5.69. The number of hydrogen-bond acceptors (Lipinski definition) is 3. The molecule has 1 heterocycles. The monoisotopic (exact) mass is 237 g/mol. The molecule has 96 valence electrons. The standard InChI is InChI=1S/C14H23NO2/c1-10-8-14(12(3)17-10)11(2)15-6-7-16-9-13-4-5-13/h8,11,13,15H,4-7,9H2,1-3H3. The second-order valence-corrected chi connectivity index (χ2v) is 5.06. The lowest BCUT2D eigenvalue weighted by molar-refractivity contribution is 0.124. The summed E-state index contributed by atoms with van der Waals surface area (Å²) in [7, 11) is 0. The van der Waals surface area contributed by atoms with Crippen molar-refractivity contribution in [2.24, 2.45) is 5.92 Å². The quantitative estimate of drug-likeness (QED) is 0.740. The van der Waals surface area contributed by atoms with Gasteiger partial charge in [0.2, 0.25) is 0 Å². The van der Waals surface area contributed by atoms with E-state index < -0.39 is 0 Å². The van der Waals surface area contributed by atoms with Crippen LogP contribution in [0.15, 0.2) is 10.5 Å². The lowest BCUT2D eigenvalue weighted by atomic mass is 10.1. The predicted molar refractivity (Wildman–Crippen MR) is 68.1 cm³/mol. The first-order valence-corrected chi connectivity index (χ1v) is 6.55. The lowest BCUT2D eigenvalue weighted by Crippen LogP contribution is -2.23. The Labute approximate surface area is 104 Å². The van der Waals surface area contributed by atoms with Crippen LogP contribution in [0.5, 0.6) is 0 Å². The molecule has 1 aromatic heterocycles. The van der Waals surface area contributed by atoms with Gasteiger partial charge in [0.15, 0.2) is 0 Å². The third kappa shape index (κ3) is 3.86. The van der Waals surface area contributed by atoms with Gasteiger partial charge in [-0.15, -0.1) is 0 Å². The zero-order valence-electron chi connectivity index (χ0n) is 11.1. The minimum Gasteiger partial charge on any atom is -0.466 e. The van der Waals surface area contributed by atoms with Gasteiger partial charge >= 0.3 is 0 Å². The molecule has 1 N–H and O–H groups in total. The van der Waals surface area contributed by atoms with Crippen molar-refractivity contribution >= 4 is 0 Å². The fourth-order valence-corrected chi connectivity index (χ4v) is 2.07. The van der Waals surface area contributed by atoms with Crippen LogP contribution in [0.3, 0.4) is 0 Å². The third-order valence-electron chi connectivity index (χ3n) is 3.29. The maximum absolute atomic E-state index is 5.59. The number of ether oxygens (including phenoxy) is 1. The molecule has 0 aliphatic heterocycles. The highest BCUT2D eigenvalue weighted by Crippen LogP contribution is 2.28. The maximum Gasteiger partial charge on any atom is 0.105 e. The fourth-order valence-electron chi connectivity index (χ4n) is 2.07. The van der Waals surface area contributed by atoms with Crippen molar-refractivity contribution in [1.29, 1.82) is 0 Å². The number of furan rings is 1. The lowest BCUT2D eigenvalue weighted by Gasteiger charge is -2.13. The molecule has 1 aromatic rings. The van der Waals surface area contributed by atoms with Gasteiger partial charge in [0, 0.05) is 24.8 Å². The first-order chi connectivity index (χ1) is 8.16. The Bertz CT molecular complexity index is 355. The Kier molecular flexibility index (Phi) is 4.24. The van der Waals surface area contributed by atoms with E-state index >= 15 is 0 Å². The van der Waals surface area contributed by atoms with E-state index in [2.05, 4.69) is 18.3 Å². The minimum absolute atomic E-state index is 0.331. The van der Waals surface area contributed by atoms with Crippen molar-refractivity contribution in [3.05, 3.63) is 23.2 Å². The molecule has 1 unspecified atom stereocenters. The van der Waals surface area contributed by atoms with E-state index in [-0.39, 0.29) is 0 Å². The molecule has 0 saturated heterocycles. The smallest absolute Gasteiger partial charge is 0.105 e. The van der Waals surface area contributed by atoms with Crippen LogP contribution in [0.1, 0.15) is 42.9 Å². The Morgan fingerprint density at radius 2 is 2.24 bits per heavy atom. The van der Waals surface area contributed by atoms with Gasteiger partial charge in [-0.3, -0.25) is 0 Å². The zero-order chi connectivity index (χ0) is 12.3. The van der Waals surface area contributed by atoms with Crippen molar-refractivity contribution in [2.75, 3.05) is 19.8 Å². The van der Waals surface area contributed by atoms with E-state index in [1.807, 2.05) is 13.8 Å². The summed E-state index contributed by atoms with van der Waals surface area (Å²) in [4.78, 5) is 0. The molecule has 2 rings (SSSR count). The van der Waals surface area contributed by atoms with Crippen molar-refractivity contribution in [2.45, 2.75) is 39.7 Å². The van der Waals surface area contributed by atoms with E-state index in [1.165, 1.54) is 18.4 Å². The molecule has 1 aliphatic carbocycles. The molecule has 0 spiro atoms. The summed E-state index contributed by atoms with van der Waals surface area (Å²) < 4.78 is 11.1. The highest BCUT2D eigenvalue weighted by Gasteiger charge is 2.20. The number of rotatable bonds is 7. The van der Waals surface area contributed by atoms with E-state index in [0.29, 0.717) is 6.04 Å².